The van der Waals surface area contributed by atoms with E-state index in [2.05, 4.69) is 13.2 Å². The molecule has 12 nitrogen and oxygen atoms in total. The third-order valence-corrected chi connectivity index (χ3v) is 3.93. The van der Waals surface area contributed by atoms with Gasteiger partial charge in [0.25, 0.3) is 0 Å². The summed E-state index contributed by atoms with van der Waals surface area (Å²) in [5.74, 6) is -5.40. The molecule has 0 bridgehead atoms. The van der Waals surface area contributed by atoms with Gasteiger partial charge in [0.05, 0.1) is 16.7 Å². The molecule has 0 fully saturated rings. The molecule has 0 aromatic heterocycles. The minimum Gasteiger partial charge on any atom is -0.478 e. The molecular formula is C22H24O12. The van der Waals surface area contributed by atoms with Crippen LogP contribution in [0.25, 0.3) is 0 Å². The summed E-state index contributed by atoms with van der Waals surface area (Å²) in [6, 6.07) is 1.48. The maximum absolute atomic E-state index is 12.4. The molecule has 0 amide bonds. The maximum Gasteiger partial charge on any atom is 0.339 e. The van der Waals surface area contributed by atoms with Crippen LogP contribution in [0.15, 0.2) is 36.4 Å². The molecule has 0 unspecified atom stereocenters. The predicted octanol–water partition coefficient (Wildman–Crippen LogP) is 0.920. The summed E-state index contributed by atoms with van der Waals surface area (Å²) in [5.41, 5.74) is -2.11. The van der Waals surface area contributed by atoms with Crippen LogP contribution in [0.4, 0.5) is 0 Å². The number of benzene rings is 1. The SMILES string of the molecule is C=C(C)C(=O)OCCOC(=O)c1cc(C(O)O)c(C(=O)OCCOC(=O)C(=C)C)cc1C(=O)O. The molecule has 0 atom stereocenters. The first-order chi connectivity index (χ1) is 15.9. The molecule has 184 valence electrons. The number of carbonyl (C=O) groups is 5. The van der Waals surface area contributed by atoms with Crippen molar-refractivity contribution in [3.8, 4) is 0 Å². The largest absolute Gasteiger partial charge is 0.478 e. The normalized spacial score (nSPS) is 10.3. The molecule has 3 N–H and O–H groups in total. The third kappa shape index (κ3) is 8.15. The Kier molecular flexibility index (Phi) is 10.6. The number of aliphatic hydroxyl groups excluding tert-OH is 1. The van der Waals surface area contributed by atoms with E-state index in [4.69, 9.17) is 18.9 Å². The van der Waals surface area contributed by atoms with E-state index in [1.165, 1.54) is 13.8 Å². The number of carboxylic acids is 1. The zero-order chi connectivity index (χ0) is 26.0. The highest BCUT2D eigenvalue weighted by Gasteiger charge is 2.26. The van der Waals surface area contributed by atoms with Gasteiger partial charge >= 0.3 is 29.8 Å². The van der Waals surface area contributed by atoms with Crippen molar-refractivity contribution in [2.75, 3.05) is 26.4 Å². The summed E-state index contributed by atoms with van der Waals surface area (Å²) in [4.78, 5) is 59.0. The lowest BCUT2D eigenvalue weighted by atomic mass is 9.97. The molecule has 0 aliphatic heterocycles. The summed E-state index contributed by atoms with van der Waals surface area (Å²) < 4.78 is 19.2. The summed E-state index contributed by atoms with van der Waals surface area (Å²) in [6.07, 6.45) is -2.28. The fourth-order valence-electron chi connectivity index (χ4n) is 2.29. The van der Waals surface area contributed by atoms with E-state index in [0.29, 0.717) is 0 Å². The van der Waals surface area contributed by atoms with Crippen molar-refractivity contribution < 1.29 is 58.2 Å². The van der Waals surface area contributed by atoms with Gasteiger partial charge < -0.3 is 34.3 Å². The van der Waals surface area contributed by atoms with Crippen LogP contribution in [0.1, 0.15) is 56.8 Å². The Bertz CT molecular complexity index is 1010. The number of rotatable bonds is 12. The lowest BCUT2D eigenvalue weighted by Gasteiger charge is -2.15. The van der Waals surface area contributed by atoms with Crippen LogP contribution in [-0.2, 0) is 28.5 Å². The Morgan fingerprint density at radius 2 is 1.15 bits per heavy atom. The Balaban J connectivity index is 3.03. The molecule has 0 aliphatic rings. The van der Waals surface area contributed by atoms with Gasteiger partial charge in [-0.1, -0.05) is 13.2 Å². The van der Waals surface area contributed by atoms with Crippen molar-refractivity contribution in [1.82, 2.24) is 0 Å². The molecule has 0 radical (unpaired) electrons. The van der Waals surface area contributed by atoms with Crippen molar-refractivity contribution in [2.24, 2.45) is 0 Å². The third-order valence-electron chi connectivity index (χ3n) is 3.93. The van der Waals surface area contributed by atoms with E-state index < -0.39 is 71.6 Å². The number of aromatic carboxylic acids is 1. The molecule has 34 heavy (non-hydrogen) atoms. The number of hydrogen-bond donors (Lipinski definition) is 3. The molecule has 0 aliphatic carbocycles. The highest BCUT2D eigenvalue weighted by molar-refractivity contribution is 6.05. The number of esters is 4. The van der Waals surface area contributed by atoms with Gasteiger partial charge in [0, 0.05) is 16.7 Å². The van der Waals surface area contributed by atoms with E-state index in [9.17, 15) is 39.3 Å². The number of ether oxygens (including phenoxy) is 4. The Morgan fingerprint density at radius 3 is 1.53 bits per heavy atom. The van der Waals surface area contributed by atoms with Crippen molar-refractivity contribution in [1.29, 1.82) is 0 Å². The van der Waals surface area contributed by atoms with Gasteiger partial charge in [-0.05, 0) is 26.0 Å². The summed E-state index contributed by atoms with van der Waals surface area (Å²) in [6.45, 7) is 8.06. The van der Waals surface area contributed by atoms with Crippen molar-refractivity contribution in [2.45, 2.75) is 20.1 Å². The summed E-state index contributed by atoms with van der Waals surface area (Å²) in [5, 5.41) is 28.7. The van der Waals surface area contributed by atoms with Gasteiger partial charge in [-0.2, -0.15) is 0 Å². The average molecular weight is 480 g/mol. The Labute approximate surface area is 194 Å². The highest BCUT2D eigenvalue weighted by atomic mass is 16.6. The van der Waals surface area contributed by atoms with Crippen LogP contribution in [0.2, 0.25) is 0 Å². The lowest BCUT2D eigenvalue weighted by molar-refractivity contribution is -0.140. The van der Waals surface area contributed by atoms with Gasteiger partial charge in [0.2, 0.25) is 0 Å². The van der Waals surface area contributed by atoms with Crippen LogP contribution in [0.3, 0.4) is 0 Å². The molecule has 1 aromatic carbocycles. The first kappa shape index (κ1) is 28.0. The molecule has 1 aromatic rings. The molecule has 0 saturated heterocycles. The minimum absolute atomic E-state index is 0.123. The second-order valence-electron chi connectivity index (χ2n) is 6.77. The van der Waals surface area contributed by atoms with Crippen LogP contribution < -0.4 is 0 Å². The van der Waals surface area contributed by atoms with Crippen LogP contribution in [-0.4, -0.2) is 71.6 Å². The van der Waals surface area contributed by atoms with Gasteiger partial charge in [0.1, 0.15) is 26.4 Å². The van der Waals surface area contributed by atoms with Crippen LogP contribution in [0, 0.1) is 0 Å². The first-order valence-corrected chi connectivity index (χ1v) is 9.63. The fraction of sp³-hybridized carbons (Fsp3) is 0.318. The maximum atomic E-state index is 12.4. The lowest BCUT2D eigenvalue weighted by Crippen LogP contribution is -2.20. The topological polar surface area (TPSA) is 183 Å². The Morgan fingerprint density at radius 1 is 0.735 bits per heavy atom. The molecule has 0 saturated carbocycles. The van der Waals surface area contributed by atoms with Gasteiger partial charge in [-0.15, -0.1) is 0 Å². The van der Waals surface area contributed by atoms with Crippen molar-refractivity contribution >= 4 is 29.8 Å². The number of aliphatic hydroxyl groups is 2. The highest BCUT2D eigenvalue weighted by Crippen LogP contribution is 2.24. The summed E-state index contributed by atoms with van der Waals surface area (Å²) in [7, 11) is 0. The number of carbonyl (C=O) groups excluding carboxylic acids is 4. The quantitative estimate of drug-likeness (QED) is 0.127. The summed E-state index contributed by atoms with van der Waals surface area (Å²) >= 11 is 0. The van der Waals surface area contributed by atoms with Crippen molar-refractivity contribution in [3.63, 3.8) is 0 Å². The van der Waals surface area contributed by atoms with Gasteiger partial charge in [-0.25, -0.2) is 24.0 Å². The van der Waals surface area contributed by atoms with Crippen LogP contribution >= 0.6 is 0 Å². The minimum atomic E-state index is -2.28. The van der Waals surface area contributed by atoms with E-state index in [1.54, 1.807) is 0 Å². The molecule has 12 heteroatoms. The second kappa shape index (κ2) is 12.9. The zero-order valence-electron chi connectivity index (χ0n) is 18.5. The number of carboxylic acid groups (broad SMARTS) is 1. The predicted molar refractivity (Wildman–Crippen MR) is 113 cm³/mol. The average Bonchev–Trinajstić information content (AvgIpc) is 2.77. The van der Waals surface area contributed by atoms with Gasteiger partial charge in [-0.3, -0.25) is 0 Å². The molecule has 0 spiro atoms. The molecule has 0 heterocycles. The van der Waals surface area contributed by atoms with E-state index in [1.807, 2.05) is 0 Å². The van der Waals surface area contributed by atoms with E-state index in [-0.39, 0.29) is 24.4 Å². The first-order valence-electron chi connectivity index (χ1n) is 9.63. The van der Waals surface area contributed by atoms with Crippen LogP contribution in [0.5, 0.6) is 0 Å². The monoisotopic (exact) mass is 480 g/mol. The Hall–Kier alpha value is -4.03. The number of hydrogen-bond acceptors (Lipinski definition) is 11. The van der Waals surface area contributed by atoms with Crippen molar-refractivity contribution in [3.05, 3.63) is 58.7 Å². The smallest absolute Gasteiger partial charge is 0.339 e. The standard InChI is InChI=1S/C22H24O12/c1-11(2)19(27)31-5-7-33-21(29)15-9-14(18(25)26)16(10-13(15)17(23)24)22(30)34-8-6-32-20(28)12(3)4/h9-10,17,23-24H,1,3,5-8H2,2,4H3,(H,25,26). The van der Waals surface area contributed by atoms with E-state index >= 15 is 0 Å². The zero-order valence-corrected chi connectivity index (χ0v) is 18.5. The van der Waals surface area contributed by atoms with E-state index in [0.717, 1.165) is 12.1 Å². The fourth-order valence-corrected chi connectivity index (χ4v) is 2.29. The molecule has 1 rings (SSSR count). The van der Waals surface area contributed by atoms with Gasteiger partial charge in [0.15, 0.2) is 6.29 Å². The second-order valence-corrected chi connectivity index (χ2v) is 6.77. The molecular weight excluding hydrogens is 456 g/mol.